The van der Waals surface area contributed by atoms with Crippen LogP contribution in [-0.4, -0.2) is 32.6 Å². The molecule has 0 aliphatic heterocycles. The van der Waals surface area contributed by atoms with Crippen molar-refractivity contribution < 1.29 is 17.9 Å². The standard InChI is InChI=1S/C17H19N3O5S/c1-10-6-13-14(20-17(21)19-13)8-16(10)26(22,23)18-9-11-7-12(24-2)4-5-15(11)25-3/h4-8,18H,9H2,1-3H3,(H2,19,20,21). The van der Waals surface area contributed by atoms with Crippen LogP contribution in [-0.2, 0) is 16.6 Å². The van der Waals surface area contributed by atoms with Gasteiger partial charge >= 0.3 is 5.69 Å². The number of aryl methyl sites for hydroxylation is 1. The Labute approximate surface area is 150 Å². The molecule has 3 aromatic rings. The van der Waals surface area contributed by atoms with Gasteiger partial charge in [0.1, 0.15) is 11.5 Å². The molecule has 9 heteroatoms. The van der Waals surface area contributed by atoms with Crippen molar-refractivity contribution >= 4 is 21.1 Å². The molecular weight excluding hydrogens is 358 g/mol. The van der Waals surface area contributed by atoms with Gasteiger partial charge in [-0.3, -0.25) is 0 Å². The molecule has 8 nitrogen and oxygen atoms in total. The van der Waals surface area contributed by atoms with Crippen LogP contribution in [0, 0.1) is 6.92 Å². The molecule has 0 atom stereocenters. The highest BCUT2D eigenvalue weighted by Gasteiger charge is 2.19. The molecule has 2 aromatic carbocycles. The Balaban J connectivity index is 1.92. The van der Waals surface area contributed by atoms with E-state index < -0.39 is 10.0 Å². The van der Waals surface area contributed by atoms with Crippen LogP contribution < -0.4 is 19.9 Å². The number of hydrogen-bond donors (Lipinski definition) is 3. The average molecular weight is 377 g/mol. The Kier molecular flexibility index (Phi) is 4.75. The smallest absolute Gasteiger partial charge is 0.323 e. The Morgan fingerprint density at radius 1 is 1.04 bits per heavy atom. The van der Waals surface area contributed by atoms with Crippen LogP contribution in [0.1, 0.15) is 11.1 Å². The van der Waals surface area contributed by atoms with Crippen molar-refractivity contribution in [1.29, 1.82) is 0 Å². The van der Waals surface area contributed by atoms with Gasteiger partial charge in [0, 0.05) is 12.1 Å². The van der Waals surface area contributed by atoms with Gasteiger partial charge < -0.3 is 19.4 Å². The van der Waals surface area contributed by atoms with E-state index in [1.807, 2.05) is 0 Å². The molecule has 138 valence electrons. The summed E-state index contributed by atoms with van der Waals surface area (Å²) < 4.78 is 38.5. The molecule has 0 saturated heterocycles. The molecule has 0 spiro atoms. The second-order valence-corrected chi connectivity index (χ2v) is 7.48. The quantitative estimate of drug-likeness (QED) is 0.605. The molecule has 0 radical (unpaired) electrons. The van der Waals surface area contributed by atoms with Gasteiger partial charge in [0.15, 0.2) is 0 Å². The highest BCUT2D eigenvalue weighted by molar-refractivity contribution is 7.89. The molecule has 0 aliphatic carbocycles. The summed E-state index contributed by atoms with van der Waals surface area (Å²) in [5, 5.41) is 0. The number of imidazole rings is 1. The second kappa shape index (κ2) is 6.85. The number of benzene rings is 2. The van der Waals surface area contributed by atoms with Crippen LogP contribution in [0.15, 0.2) is 40.0 Å². The fourth-order valence-corrected chi connectivity index (χ4v) is 3.99. The lowest BCUT2D eigenvalue weighted by Crippen LogP contribution is -2.24. The molecule has 3 rings (SSSR count). The first-order valence-electron chi connectivity index (χ1n) is 7.77. The molecule has 0 bridgehead atoms. The van der Waals surface area contributed by atoms with Gasteiger partial charge in [-0.05, 0) is 42.8 Å². The van der Waals surface area contributed by atoms with Crippen molar-refractivity contribution in [3.05, 3.63) is 51.9 Å². The largest absolute Gasteiger partial charge is 0.497 e. The number of sulfonamides is 1. The molecule has 0 fully saturated rings. The predicted molar refractivity (Wildman–Crippen MR) is 97.2 cm³/mol. The van der Waals surface area contributed by atoms with Gasteiger partial charge in [-0.25, -0.2) is 17.9 Å². The van der Waals surface area contributed by atoms with E-state index in [1.54, 1.807) is 31.2 Å². The van der Waals surface area contributed by atoms with Crippen molar-refractivity contribution in [3.8, 4) is 11.5 Å². The number of aromatic amines is 2. The Hall–Kier alpha value is -2.78. The van der Waals surface area contributed by atoms with Crippen molar-refractivity contribution in [2.45, 2.75) is 18.4 Å². The molecule has 1 heterocycles. The van der Waals surface area contributed by atoms with Crippen molar-refractivity contribution in [2.75, 3.05) is 14.2 Å². The minimum Gasteiger partial charge on any atom is -0.497 e. The molecule has 0 aliphatic rings. The zero-order valence-electron chi connectivity index (χ0n) is 14.5. The first kappa shape index (κ1) is 18.0. The number of hydrogen-bond acceptors (Lipinski definition) is 5. The number of fused-ring (bicyclic) bond motifs is 1. The van der Waals surface area contributed by atoms with E-state index in [0.29, 0.717) is 33.7 Å². The maximum absolute atomic E-state index is 12.7. The Morgan fingerprint density at radius 3 is 2.38 bits per heavy atom. The van der Waals surface area contributed by atoms with Gasteiger partial charge in [0.2, 0.25) is 10.0 Å². The summed E-state index contributed by atoms with van der Waals surface area (Å²) in [6.45, 7) is 1.70. The van der Waals surface area contributed by atoms with E-state index in [-0.39, 0.29) is 17.1 Å². The van der Waals surface area contributed by atoms with Crippen LogP contribution in [0.3, 0.4) is 0 Å². The molecule has 0 amide bonds. The van der Waals surface area contributed by atoms with E-state index >= 15 is 0 Å². The second-order valence-electron chi connectivity index (χ2n) is 5.74. The number of methoxy groups -OCH3 is 2. The summed E-state index contributed by atoms with van der Waals surface area (Å²) in [6.07, 6.45) is 0. The first-order chi connectivity index (χ1) is 12.3. The van der Waals surface area contributed by atoms with Gasteiger partial charge in [-0.1, -0.05) is 0 Å². The lowest BCUT2D eigenvalue weighted by molar-refractivity contribution is 0.398. The van der Waals surface area contributed by atoms with Crippen LogP contribution in [0.25, 0.3) is 11.0 Å². The fourth-order valence-electron chi connectivity index (χ4n) is 2.73. The van der Waals surface area contributed by atoms with E-state index in [9.17, 15) is 13.2 Å². The summed E-state index contributed by atoms with van der Waals surface area (Å²) >= 11 is 0. The lowest BCUT2D eigenvalue weighted by atomic mass is 10.2. The van der Waals surface area contributed by atoms with E-state index in [2.05, 4.69) is 14.7 Å². The summed E-state index contributed by atoms with van der Waals surface area (Å²) in [4.78, 5) is 16.7. The third-order valence-corrected chi connectivity index (χ3v) is 5.58. The predicted octanol–water partition coefficient (Wildman–Crippen LogP) is 1.66. The zero-order chi connectivity index (χ0) is 18.9. The molecule has 26 heavy (non-hydrogen) atoms. The Bertz CT molecular complexity index is 1120. The first-order valence-corrected chi connectivity index (χ1v) is 9.25. The minimum atomic E-state index is -3.80. The van der Waals surface area contributed by atoms with Gasteiger partial charge in [-0.15, -0.1) is 0 Å². The molecular formula is C17H19N3O5S. The lowest BCUT2D eigenvalue weighted by Gasteiger charge is -2.13. The van der Waals surface area contributed by atoms with Crippen molar-refractivity contribution in [2.24, 2.45) is 0 Å². The highest BCUT2D eigenvalue weighted by Crippen LogP contribution is 2.25. The molecule has 0 saturated carbocycles. The van der Waals surface area contributed by atoms with Gasteiger partial charge in [0.25, 0.3) is 0 Å². The summed E-state index contributed by atoms with van der Waals surface area (Å²) in [5.41, 5.74) is 1.77. The van der Waals surface area contributed by atoms with Crippen LogP contribution >= 0.6 is 0 Å². The van der Waals surface area contributed by atoms with Gasteiger partial charge in [-0.2, -0.15) is 0 Å². The van der Waals surface area contributed by atoms with Crippen molar-refractivity contribution in [3.63, 3.8) is 0 Å². The number of ether oxygens (including phenoxy) is 2. The van der Waals surface area contributed by atoms with Gasteiger partial charge in [0.05, 0.1) is 30.1 Å². The third kappa shape index (κ3) is 3.44. The Morgan fingerprint density at radius 2 is 1.73 bits per heavy atom. The zero-order valence-corrected chi connectivity index (χ0v) is 15.4. The highest BCUT2D eigenvalue weighted by atomic mass is 32.2. The number of aromatic nitrogens is 2. The van der Waals surface area contributed by atoms with Crippen molar-refractivity contribution in [1.82, 2.24) is 14.7 Å². The molecule has 0 unspecified atom stereocenters. The molecule has 3 N–H and O–H groups in total. The normalized spacial score (nSPS) is 11.7. The fraction of sp³-hybridized carbons (Fsp3) is 0.235. The number of rotatable bonds is 6. The summed E-state index contributed by atoms with van der Waals surface area (Å²) in [5.74, 6) is 1.15. The maximum atomic E-state index is 12.7. The maximum Gasteiger partial charge on any atom is 0.323 e. The number of nitrogens with one attached hydrogen (secondary N) is 3. The van der Waals surface area contributed by atoms with Crippen LogP contribution in [0.5, 0.6) is 11.5 Å². The van der Waals surface area contributed by atoms with Crippen LogP contribution in [0.4, 0.5) is 0 Å². The number of H-pyrrole nitrogens is 2. The van der Waals surface area contributed by atoms with E-state index in [4.69, 9.17) is 9.47 Å². The summed E-state index contributed by atoms with van der Waals surface area (Å²) in [6, 6.07) is 8.21. The van der Waals surface area contributed by atoms with Crippen LogP contribution in [0.2, 0.25) is 0 Å². The molecule has 1 aromatic heterocycles. The van der Waals surface area contributed by atoms with E-state index in [1.165, 1.54) is 20.3 Å². The summed E-state index contributed by atoms with van der Waals surface area (Å²) in [7, 11) is -0.750. The minimum absolute atomic E-state index is 0.0316. The topological polar surface area (TPSA) is 113 Å². The average Bonchev–Trinajstić information content (AvgIpc) is 2.97. The SMILES string of the molecule is COc1ccc(OC)c(CNS(=O)(=O)c2cc3[nH]c(=O)[nH]c3cc2C)c1. The van der Waals surface area contributed by atoms with E-state index in [0.717, 1.165) is 0 Å². The monoisotopic (exact) mass is 377 g/mol. The third-order valence-electron chi connectivity index (χ3n) is 4.04.